The minimum atomic E-state index is -0.514. The average Bonchev–Trinajstić information content (AvgIpc) is 2.21. The van der Waals surface area contributed by atoms with E-state index in [1.807, 2.05) is 0 Å². The SMILES string of the molecule is O=PO[C@H](CCO)c1cc(Cl)ccc1Cl. The van der Waals surface area contributed by atoms with E-state index in [2.05, 4.69) is 0 Å². The van der Waals surface area contributed by atoms with Gasteiger partial charge in [0.05, 0.1) is 0 Å². The van der Waals surface area contributed by atoms with Gasteiger partial charge in [0.2, 0.25) is 0 Å². The van der Waals surface area contributed by atoms with E-state index in [1.54, 1.807) is 18.2 Å². The van der Waals surface area contributed by atoms with Gasteiger partial charge in [0.15, 0.2) is 0 Å². The van der Waals surface area contributed by atoms with Crippen LogP contribution in [0.3, 0.4) is 0 Å². The molecule has 3 nitrogen and oxygen atoms in total. The van der Waals surface area contributed by atoms with E-state index < -0.39 is 14.8 Å². The summed E-state index contributed by atoms with van der Waals surface area (Å²) in [6.45, 7) is -0.0803. The lowest BCUT2D eigenvalue weighted by molar-refractivity contribution is 0.170. The highest BCUT2D eigenvalue weighted by molar-refractivity contribution is 7.17. The Labute approximate surface area is 99.2 Å². The van der Waals surface area contributed by atoms with Gasteiger partial charge in [0, 0.05) is 28.6 Å². The smallest absolute Gasteiger partial charge is 0.327 e. The van der Waals surface area contributed by atoms with Crippen LogP contribution in [0.2, 0.25) is 10.0 Å². The molecule has 0 radical (unpaired) electrons. The second-order valence-corrected chi connectivity index (χ2v) is 4.05. The van der Waals surface area contributed by atoms with Crippen LogP contribution < -0.4 is 0 Å². The molecule has 15 heavy (non-hydrogen) atoms. The Bertz CT molecular complexity index is 346. The molecule has 1 rings (SSSR count). The predicted octanol–water partition coefficient (Wildman–Crippen LogP) is 3.64. The van der Waals surface area contributed by atoms with Gasteiger partial charge in [-0.05, 0) is 18.2 Å². The summed E-state index contributed by atoms with van der Waals surface area (Å²) >= 11 is 11.7. The molecule has 0 fully saturated rings. The topological polar surface area (TPSA) is 46.5 Å². The van der Waals surface area contributed by atoms with Crippen molar-refractivity contribution in [1.82, 2.24) is 0 Å². The van der Waals surface area contributed by atoms with Crippen LogP contribution in [-0.2, 0) is 9.09 Å². The molecule has 0 saturated carbocycles. The number of rotatable bonds is 5. The molecule has 0 bridgehead atoms. The van der Waals surface area contributed by atoms with Crippen LogP contribution in [0.5, 0.6) is 0 Å². The van der Waals surface area contributed by atoms with Crippen molar-refractivity contribution in [2.75, 3.05) is 6.61 Å². The summed E-state index contributed by atoms with van der Waals surface area (Å²) in [4.78, 5) is 0. The Kier molecular flexibility index (Phi) is 5.51. The number of hydrogen-bond acceptors (Lipinski definition) is 3. The van der Waals surface area contributed by atoms with Crippen LogP contribution in [0.1, 0.15) is 18.1 Å². The maximum absolute atomic E-state index is 10.4. The van der Waals surface area contributed by atoms with E-state index >= 15 is 0 Å². The number of hydrogen-bond donors (Lipinski definition) is 1. The van der Waals surface area contributed by atoms with Crippen molar-refractivity contribution in [3.8, 4) is 0 Å². The molecular formula is C9H9Cl2O3P. The molecule has 1 aromatic carbocycles. The van der Waals surface area contributed by atoms with E-state index in [0.717, 1.165) is 0 Å². The minimum absolute atomic E-state index is 0.0803. The molecule has 0 unspecified atom stereocenters. The second-order valence-electron chi connectivity index (χ2n) is 2.85. The third-order valence-electron chi connectivity index (χ3n) is 1.87. The normalized spacial score (nSPS) is 13.0. The summed E-state index contributed by atoms with van der Waals surface area (Å²) < 4.78 is 15.3. The Morgan fingerprint density at radius 1 is 1.47 bits per heavy atom. The van der Waals surface area contributed by atoms with Crippen molar-refractivity contribution in [3.63, 3.8) is 0 Å². The first-order valence-corrected chi connectivity index (χ1v) is 5.72. The molecule has 82 valence electrons. The lowest BCUT2D eigenvalue weighted by Crippen LogP contribution is -2.02. The fraction of sp³-hybridized carbons (Fsp3) is 0.333. The van der Waals surface area contributed by atoms with E-state index in [1.165, 1.54) is 0 Å². The molecule has 1 aromatic rings. The highest BCUT2D eigenvalue weighted by atomic mass is 35.5. The van der Waals surface area contributed by atoms with Crippen LogP contribution in [0, 0.1) is 0 Å². The van der Waals surface area contributed by atoms with E-state index in [9.17, 15) is 4.57 Å². The number of benzene rings is 1. The Hall–Kier alpha value is -0.180. The number of aliphatic hydroxyl groups is 1. The largest absolute Gasteiger partial charge is 0.396 e. The third-order valence-corrected chi connectivity index (χ3v) is 2.79. The van der Waals surface area contributed by atoms with Crippen molar-refractivity contribution in [2.24, 2.45) is 0 Å². The Morgan fingerprint density at radius 3 is 2.80 bits per heavy atom. The van der Waals surface area contributed by atoms with E-state index in [0.29, 0.717) is 22.0 Å². The van der Waals surface area contributed by atoms with Crippen LogP contribution in [0.15, 0.2) is 18.2 Å². The van der Waals surface area contributed by atoms with Crippen molar-refractivity contribution >= 4 is 31.9 Å². The zero-order chi connectivity index (χ0) is 11.3. The molecule has 0 aliphatic carbocycles. The summed E-state index contributed by atoms with van der Waals surface area (Å²) in [7, 11) is -0.450. The third kappa shape index (κ3) is 3.71. The van der Waals surface area contributed by atoms with Gasteiger partial charge in [-0.1, -0.05) is 23.2 Å². The van der Waals surface area contributed by atoms with Crippen LogP contribution >= 0.6 is 31.9 Å². The zero-order valence-electron chi connectivity index (χ0n) is 7.69. The Balaban J connectivity index is 2.97. The number of halogens is 2. The summed E-state index contributed by atoms with van der Waals surface area (Å²) in [6, 6.07) is 4.92. The molecule has 0 heterocycles. The summed E-state index contributed by atoms with van der Waals surface area (Å²) in [5.41, 5.74) is 0.626. The van der Waals surface area contributed by atoms with Gasteiger partial charge in [-0.15, -0.1) is 0 Å². The highest BCUT2D eigenvalue weighted by Gasteiger charge is 2.15. The minimum Gasteiger partial charge on any atom is -0.396 e. The second kappa shape index (κ2) is 6.41. The van der Waals surface area contributed by atoms with Gasteiger partial charge in [-0.25, -0.2) is 4.57 Å². The summed E-state index contributed by atoms with van der Waals surface area (Å²) in [6.07, 6.45) is -0.199. The molecule has 0 aliphatic heterocycles. The van der Waals surface area contributed by atoms with Gasteiger partial charge >= 0.3 is 8.69 Å². The number of aliphatic hydroxyl groups excluding tert-OH is 1. The molecule has 0 aliphatic rings. The van der Waals surface area contributed by atoms with Crippen LogP contribution in [0.4, 0.5) is 0 Å². The van der Waals surface area contributed by atoms with Gasteiger partial charge in [0.25, 0.3) is 0 Å². The van der Waals surface area contributed by atoms with Gasteiger partial charge in [-0.3, -0.25) is 4.52 Å². The van der Waals surface area contributed by atoms with E-state index in [4.69, 9.17) is 32.8 Å². The van der Waals surface area contributed by atoms with Crippen molar-refractivity contribution in [3.05, 3.63) is 33.8 Å². The van der Waals surface area contributed by atoms with Gasteiger partial charge in [-0.2, -0.15) is 0 Å². The molecular weight excluding hydrogens is 258 g/mol. The quantitative estimate of drug-likeness (QED) is 0.828. The maximum Gasteiger partial charge on any atom is 0.327 e. The van der Waals surface area contributed by atoms with Crippen molar-refractivity contribution < 1.29 is 14.2 Å². The molecule has 0 saturated heterocycles. The lowest BCUT2D eigenvalue weighted by Gasteiger charge is -2.14. The summed E-state index contributed by atoms with van der Waals surface area (Å²) in [5.74, 6) is 0. The first kappa shape index (κ1) is 12.9. The molecule has 6 heteroatoms. The molecule has 0 aromatic heterocycles. The fourth-order valence-corrected chi connectivity index (χ4v) is 1.94. The zero-order valence-corrected chi connectivity index (χ0v) is 10.1. The lowest BCUT2D eigenvalue weighted by atomic mass is 10.1. The fourth-order valence-electron chi connectivity index (χ4n) is 1.20. The summed E-state index contributed by atoms with van der Waals surface area (Å²) in [5, 5.41) is 9.81. The Morgan fingerprint density at radius 2 is 2.20 bits per heavy atom. The van der Waals surface area contributed by atoms with E-state index in [-0.39, 0.29) is 6.61 Å². The first-order valence-electron chi connectivity index (χ1n) is 4.23. The standard InChI is InChI=1S/C9H9Cl2O3P/c10-6-1-2-8(11)7(5-6)9(3-4-12)14-15-13/h1-2,5,9,12H,3-4H2/t9-/m1/s1. The van der Waals surface area contributed by atoms with Gasteiger partial charge in [0.1, 0.15) is 6.10 Å². The van der Waals surface area contributed by atoms with Gasteiger partial charge < -0.3 is 5.11 Å². The first-order chi connectivity index (χ1) is 7.19. The maximum atomic E-state index is 10.4. The molecule has 0 amide bonds. The highest BCUT2D eigenvalue weighted by Crippen LogP contribution is 2.32. The van der Waals surface area contributed by atoms with Crippen LogP contribution in [-0.4, -0.2) is 11.7 Å². The van der Waals surface area contributed by atoms with Crippen molar-refractivity contribution in [2.45, 2.75) is 12.5 Å². The van der Waals surface area contributed by atoms with Crippen molar-refractivity contribution in [1.29, 1.82) is 0 Å². The average molecular weight is 267 g/mol. The molecule has 1 N–H and O–H groups in total. The van der Waals surface area contributed by atoms with Crippen LogP contribution in [0.25, 0.3) is 0 Å². The monoisotopic (exact) mass is 266 g/mol. The molecule has 0 spiro atoms. The predicted molar refractivity (Wildman–Crippen MR) is 59.6 cm³/mol. The molecule has 1 atom stereocenters.